The third-order valence-electron chi connectivity index (χ3n) is 3.64. The van der Waals surface area contributed by atoms with E-state index in [-0.39, 0.29) is 0 Å². The van der Waals surface area contributed by atoms with Gasteiger partial charge in [0, 0.05) is 17.8 Å². The van der Waals surface area contributed by atoms with Gasteiger partial charge >= 0.3 is 0 Å². The van der Waals surface area contributed by atoms with E-state index in [9.17, 15) is 0 Å². The second-order valence-electron chi connectivity index (χ2n) is 5.01. The van der Waals surface area contributed by atoms with Gasteiger partial charge in [0.05, 0.1) is 11.0 Å². The molecular weight excluding hydrogens is 220 g/mol. The van der Waals surface area contributed by atoms with Crippen LogP contribution < -0.4 is 5.43 Å². The summed E-state index contributed by atoms with van der Waals surface area (Å²) < 4.78 is 2.20. The minimum atomic E-state index is 1.28. The van der Waals surface area contributed by atoms with Crippen LogP contribution in [-0.4, -0.2) is 11.7 Å². The number of benzene rings is 2. The molecule has 3 rings (SSSR count). The summed E-state index contributed by atoms with van der Waals surface area (Å²) in [5.74, 6) is 0. The molecule has 0 unspecified atom stereocenters. The first-order valence-corrected chi connectivity index (χ1v) is 6.32. The zero-order valence-corrected chi connectivity index (χ0v) is 11.3. The Morgan fingerprint density at radius 3 is 2.33 bits per heavy atom. The van der Waals surface area contributed by atoms with Crippen molar-refractivity contribution in [1.29, 1.82) is 0 Å². The van der Waals surface area contributed by atoms with E-state index in [1.807, 2.05) is 7.05 Å². The molecule has 1 aromatic heterocycles. The maximum atomic E-state index is 3.31. The van der Waals surface area contributed by atoms with Crippen LogP contribution in [-0.2, 0) is 0 Å². The third-order valence-corrected chi connectivity index (χ3v) is 3.64. The molecule has 0 aliphatic heterocycles. The van der Waals surface area contributed by atoms with E-state index in [0.29, 0.717) is 0 Å². The highest BCUT2D eigenvalue weighted by Gasteiger charge is 2.13. The van der Waals surface area contributed by atoms with Crippen LogP contribution in [0.1, 0.15) is 16.7 Å². The lowest BCUT2D eigenvalue weighted by atomic mass is 10.1. The van der Waals surface area contributed by atoms with E-state index < -0.39 is 0 Å². The Hall–Kier alpha value is -1.96. The number of para-hydroxylation sites is 1. The van der Waals surface area contributed by atoms with E-state index in [0.717, 1.165) is 0 Å². The first-order chi connectivity index (χ1) is 8.63. The normalized spacial score (nSPS) is 11.3. The number of hydrogen-bond acceptors (Lipinski definition) is 1. The van der Waals surface area contributed by atoms with Crippen molar-refractivity contribution in [1.82, 2.24) is 4.68 Å². The van der Waals surface area contributed by atoms with Gasteiger partial charge in [0.2, 0.25) is 0 Å². The van der Waals surface area contributed by atoms with Crippen molar-refractivity contribution in [3.05, 3.63) is 47.0 Å². The summed E-state index contributed by atoms with van der Waals surface area (Å²) in [6.45, 7) is 6.50. The lowest BCUT2D eigenvalue weighted by Gasteiger charge is -2.09. The van der Waals surface area contributed by atoms with Gasteiger partial charge in [-0.15, -0.1) is 0 Å². The third kappa shape index (κ3) is 1.35. The topological polar surface area (TPSA) is 17.0 Å². The van der Waals surface area contributed by atoms with Crippen molar-refractivity contribution in [3.63, 3.8) is 0 Å². The molecule has 0 fully saturated rings. The molecule has 0 amide bonds. The zero-order valence-electron chi connectivity index (χ0n) is 11.3. The van der Waals surface area contributed by atoms with E-state index >= 15 is 0 Å². The summed E-state index contributed by atoms with van der Waals surface area (Å²) >= 11 is 0. The Balaban J connectivity index is 2.66. The van der Waals surface area contributed by atoms with Crippen LogP contribution in [0.3, 0.4) is 0 Å². The predicted molar refractivity (Wildman–Crippen MR) is 78.9 cm³/mol. The molecule has 18 heavy (non-hydrogen) atoms. The lowest BCUT2D eigenvalue weighted by Crippen LogP contribution is -2.09. The fourth-order valence-electron chi connectivity index (χ4n) is 2.97. The average Bonchev–Trinajstić information content (AvgIpc) is 2.65. The van der Waals surface area contributed by atoms with Gasteiger partial charge in [0.25, 0.3) is 0 Å². The number of aryl methyl sites for hydroxylation is 3. The van der Waals surface area contributed by atoms with Crippen LogP contribution in [0.25, 0.3) is 21.8 Å². The van der Waals surface area contributed by atoms with E-state index in [4.69, 9.17) is 0 Å². The van der Waals surface area contributed by atoms with E-state index in [1.54, 1.807) is 0 Å². The minimum absolute atomic E-state index is 1.28. The van der Waals surface area contributed by atoms with E-state index in [2.05, 4.69) is 61.2 Å². The van der Waals surface area contributed by atoms with Crippen molar-refractivity contribution in [2.45, 2.75) is 20.8 Å². The van der Waals surface area contributed by atoms with Gasteiger partial charge in [-0.05, 0) is 38.0 Å². The SMILES string of the molecule is CNn1c2c(C)cccc2c2cc(C)cc(C)c21. The highest BCUT2D eigenvalue weighted by molar-refractivity contribution is 6.10. The number of nitrogens with zero attached hydrogens (tertiary/aromatic N) is 1. The molecule has 0 bridgehead atoms. The van der Waals surface area contributed by atoms with Gasteiger partial charge < -0.3 is 5.43 Å². The molecule has 0 atom stereocenters. The molecule has 3 aromatic rings. The quantitative estimate of drug-likeness (QED) is 0.680. The molecule has 92 valence electrons. The number of aromatic nitrogens is 1. The van der Waals surface area contributed by atoms with Crippen LogP contribution in [0.2, 0.25) is 0 Å². The molecule has 0 saturated carbocycles. The van der Waals surface area contributed by atoms with Gasteiger partial charge in [0.15, 0.2) is 0 Å². The molecule has 0 aliphatic rings. The van der Waals surface area contributed by atoms with Crippen LogP contribution in [0.5, 0.6) is 0 Å². The Bertz CT molecular complexity index is 751. The van der Waals surface area contributed by atoms with E-state index in [1.165, 1.54) is 38.5 Å². The predicted octanol–water partition coefficient (Wildman–Crippen LogP) is 3.89. The maximum Gasteiger partial charge on any atom is 0.0735 e. The van der Waals surface area contributed by atoms with Crippen molar-refractivity contribution in [3.8, 4) is 0 Å². The van der Waals surface area contributed by atoms with Crippen molar-refractivity contribution in [2.75, 3.05) is 12.5 Å². The zero-order chi connectivity index (χ0) is 12.9. The molecule has 1 N–H and O–H groups in total. The fraction of sp³-hybridized carbons (Fsp3) is 0.250. The number of hydrogen-bond donors (Lipinski definition) is 1. The van der Waals surface area contributed by atoms with Crippen molar-refractivity contribution < 1.29 is 0 Å². The number of fused-ring (bicyclic) bond motifs is 3. The monoisotopic (exact) mass is 238 g/mol. The van der Waals surface area contributed by atoms with Gasteiger partial charge in [-0.25, -0.2) is 0 Å². The first kappa shape index (κ1) is 11.1. The lowest BCUT2D eigenvalue weighted by molar-refractivity contribution is 1.01. The van der Waals surface area contributed by atoms with Gasteiger partial charge in [-0.2, -0.15) is 0 Å². The summed E-state index contributed by atoms with van der Waals surface area (Å²) in [5, 5.41) is 2.66. The number of rotatable bonds is 1. The van der Waals surface area contributed by atoms with Crippen molar-refractivity contribution >= 4 is 21.8 Å². The van der Waals surface area contributed by atoms with Crippen molar-refractivity contribution in [2.24, 2.45) is 0 Å². The Labute approximate surface area is 107 Å². The number of nitrogens with one attached hydrogen (secondary N) is 1. The Kier molecular flexibility index (Phi) is 2.34. The molecule has 0 spiro atoms. The first-order valence-electron chi connectivity index (χ1n) is 6.32. The van der Waals surface area contributed by atoms with Gasteiger partial charge in [-0.3, -0.25) is 4.68 Å². The van der Waals surface area contributed by atoms with Crippen LogP contribution >= 0.6 is 0 Å². The molecule has 2 heteroatoms. The molecule has 1 heterocycles. The second kappa shape index (κ2) is 3.77. The van der Waals surface area contributed by atoms with Crippen LogP contribution in [0, 0.1) is 20.8 Å². The average molecular weight is 238 g/mol. The van der Waals surface area contributed by atoms with Crippen LogP contribution in [0.15, 0.2) is 30.3 Å². The summed E-state index contributed by atoms with van der Waals surface area (Å²) in [4.78, 5) is 0. The summed E-state index contributed by atoms with van der Waals surface area (Å²) in [6, 6.07) is 11.0. The summed E-state index contributed by atoms with van der Waals surface area (Å²) in [7, 11) is 1.98. The molecule has 0 aliphatic carbocycles. The Morgan fingerprint density at radius 1 is 0.889 bits per heavy atom. The molecule has 0 saturated heterocycles. The Morgan fingerprint density at radius 2 is 1.61 bits per heavy atom. The minimum Gasteiger partial charge on any atom is -0.328 e. The summed E-state index contributed by atoms with van der Waals surface area (Å²) in [5.41, 5.74) is 9.81. The highest BCUT2D eigenvalue weighted by Crippen LogP contribution is 2.32. The highest BCUT2D eigenvalue weighted by atomic mass is 15.4. The largest absolute Gasteiger partial charge is 0.328 e. The molecular formula is C16H18N2. The molecule has 0 radical (unpaired) electrons. The van der Waals surface area contributed by atoms with Crippen LogP contribution in [0.4, 0.5) is 0 Å². The van der Waals surface area contributed by atoms with Gasteiger partial charge in [0.1, 0.15) is 0 Å². The van der Waals surface area contributed by atoms with Gasteiger partial charge in [-0.1, -0.05) is 29.8 Å². The molecule has 2 aromatic carbocycles. The second-order valence-corrected chi connectivity index (χ2v) is 5.01. The molecule has 2 nitrogen and oxygen atoms in total. The maximum absolute atomic E-state index is 3.31. The smallest absolute Gasteiger partial charge is 0.0735 e. The fourth-order valence-corrected chi connectivity index (χ4v) is 2.97. The standard InChI is InChI=1S/C16H18N2/c1-10-8-12(3)16-14(9-10)13-7-5-6-11(2)15(13)18(16)17-4/h5-9,17H,1-4H3. The summed E-state index contributed by atoms with van der Waals surface area (Å²) in [6.07, 6.45) is 0.